The van der Waals surface area contributed by atoms with E-state index in [-0.39, 0.29) is 22.4 Å². The lowest BCUT2D eigenvalue weighted by molar-refractivity contribution is 0.153. The molecule has 0 aromatic rings. The standard InChI is InChI=1S/C18H37O2P/c1-16(2,3)13-11-10-12-14(17(4,5)6)15(21(19)20)18(7,8)9/h14-15H,10-13H2,1-9H3. The highest BCUT2D eigenvalue weighted by Gasteiger charge is 2.42. The van der Waals surface area contributed by atoms with Crippen molar-refractivity contribution in [3.05, 3.63) is 0 Å². The molecule has 2 unspecified atom stereocenters. The van der Waals surface area contributed by atoms with E-state index < -0.39 is 7.68 Å². The number of unbranched alkanes of at least 4 members (excludes halogenated alkanes) is 1. The molecular weight excluding hydrogens is 279 g/mol. The van der Waals surface area contributed by atoms with Crippen molar-refractivity contribution in [2.45, 2.75) is 93.7 Å². The number of rotatable bonds is 6. The fourth-order valence-corrected chi connectivity index (χ4v) is 4.67. The highest BCUT2D eigenvalue weighted by molar-refractivity contribution is 7.31. The second kappa shape index (κ2) is 7.44. The van der Waals surface area contributed by atoms with Crippen LogP contribution in [0.15, 0.2) is 0 Å². The average molecular weight is 316 g/mol. The molecule has 0 radical (unpaired) electrons. The molecule has 0 aromatic carbocycles. The maximum atomic E-state index is 11.9. The van der Waals surface area contributed by atoms with E-state index >= 15 is 0 Å². The van der Waals surface area contributed by atoms with Crippen LogP contribution >= 0.6 is 7.68 Å². The Kier molecular flexibility index (Phi) is 7.41. The van der Waals surface area contributed by atoms with E-state index in [4.69, 9.17) is 0 Å². The SMILES string of the molecule is CC(C)(C)CCCCC(C(P(=O)=O)C(C)(C)C)C(C)(C)C. The van der Waals surface area contributed by atoms with E-state index in [1.54, 1.807) is 0 Å². The monoisotopic (exact) mass is 316 g/mol. The third kappa shape index (κ3) is 8.19. The van der Waals surface area contributed by atoms with Gasteiger partial charge in [0.2, 0.25) is 0 Å². The summed E-state index contributed by atoms with van der Waals surface area (Å²) in [7, 11) is -2.40. The maximum Gasteiger partial charge on any atom is 0.319 e. The van der Waals surface area contributed by atoms with E-state index in [0.29, 0.717) is 5.41 Å². The summed E-state index contributed by atoms with van der Waals surface area (Å²) in [5.74, 6) is 0.221. The fourth-order valence-electron chi connectivity index (χ4n) is 3.15. The summed E-state index contributed by atoms with van der Waals surface area (Å²) >= 11 is 0. The van der Waals surface area contributed by atoms with Gasteiger partial charge >= 0.3 is 7.68 Å². The molecule has 0 amide bonds. The van der Waals surface area contributed by atoms with Gasteiger partial charge in [-0.25, -0.2) is 9.13 Å². The molecule has 0 saturated heterocycles. The summed E-state index contributed by atoms with van der Waals surface area (Å²) in [6.07, 6.45) is 4.51. The van der Waals surface area contributed by atoms with Gasteiger partial charge in [-0.15, -0.1) is 0 Å². The largest absolute Gasteiger partial charge is 0.319 e. The molecule has 0 rings (SSSR count). The van der Waals surface area contributed by atoms with Crippen molar-refractivity contribution in [1.82, 2.24) is 0 Å². The van der Waals surface area contributed by atoms with Crippen molar-refractivity contribution in [3.63, 3.8) is 0 Å². The summed E-state index contributed by atoms with van der Waals surface area (Å²) in [5.41, 5.74) is -0.0569. The van der Waals surface area contributed by atoms with Gasteiger partial charge in [0.25, 0.3) is 0 Å². The van der Waals surface area contributed by atoms with Crippen molar-refractivity contribution in [2.24, 2.45) is 22.2 Å². The number of hydrogen-bond acceptors (Lipinski definition) is 2. The van der Waals surface area contributed by atoms with Crippen molar-refractivity contribution in [1.29, 1.82) is 0 Å². The van der Waals surface area contributed by atoms with E-state index in [1.807, 2.05) is 0 Å². The van der Waals surface area contributed by atoms with Crippen LogP contribution in [0.2, 0.25) is 0 Å². The Morgan fingerprint density at radius 2 is 1.24 bits per heavy atom. The lowest BCUT2D eigenvalue weighted by Crippen LogP contribution is -2.37. The molecule has 0 N–H and O–H groups in total. The van der Waals surface area contributed by atoms with Gasteiger partial charge in [-0.2, -0.15) is 0 Å². The van der Waals surface area contributed by atoms with Crippen LogP contribution in [0.3, 0.4) is 0 Å². The van der Waals surface area contributed by atoms with E-state index in [0.717, 1.165) is 12.8 Å². The van der Waals surface area contributed by atoms with Gasteiger partial charge in [0.05, 0.1) is 5.66 Å². The van der Waals surface area contributed by atoms with Crippen LogP contribution < -0.4 is 0 Å². The van der Waals surface area contributed by atoms with Crippen LogP contribution in [-0.4, -0.2) is 5.66 Å². The zero-order chi connectivity index (χ0) is 17.1. The lowest BCUT2D eigenvalue weighted by Gasteiger charge is -2.40. The minimum absolute atomic E-state index is 0.0229. The van der Waals surface area contributed by atoms with Crippen LogP contribution in [0.1, 0.15) is 88.0 Å². The molecule has 0 aliphatic rings. The Morgan fingerprint density at radius 3 is 1.52 bits per heavy atom. The Labute approximate surface area is 133 Å². The molecule has 2 nitrogen and oxygen atoms in total. The van der Waals surface area contributed by atoms with Crippen LogP contribution in [0.5, 0.6) is 0 Å². The van der Waals surface area contributed by atoms with Gasteiger partial charge in [0.1, 0.15) is 0 Å². The normalized spacial score (nSPS) is 16.6. The molecule has 0 aliphatic carbocycles. The van der Waals surface area contributed by atoms with Gasteiger partial charge in [-0.05, 0) is 35.0 Å². The molecular formula is C18H37O2P. The topological polar surface area (TPSA) is 34.1 Å². The second-order valence-electron chi connectivity index (χ2n) is 9.88. The minimum atomic E-state index is -2.40. The molecule has 126 valence electrons. The Hall–Kier alpha value is -0.100. The first-order valence-electron chi connectivity index (χ1n) is 8.30. The lowest BCUT2D eigenvalue weighted by atomic mass is 9.69. The quantitative estimate of drug-likeness (QED) is 0.397. The molecule has 0 fully saturated rings. The molecule has 0 spiro atoms. The van der Waals surface area contributed by atoms with Crippen LogP contribution in [0.4, 0.5) is 0 Å². The van der Waals surface area contributed by atoms with Crippen molar-refractivity contribution in [2.75, 3.05) is 0 Å². The van der Waals surface area contributed by atoms with Gasteiger partial charge in [0.15, 0.2) is 0 Å². The molecule has 21 heavy (non-hydrogen) atoms. The first-order valence-corrected chi connectivity index (χ1v) is 9.54. The van der Waals surface area contributed by atoms with Crippen molar-refractivity contribution in [3.8, 4) is 0 Å². The predicted octanol–water partition coefficient (Wildman–Crippen LogP) is 6.84. The number of hydrogen-bond donors (Lipinski definition) is 0. The van der Waals surface area contributed by atoms with Crippen molar-refractivity contribution >= 4 is 7.68 Å². The summed E-state index contributed by atoms with van der Waals surface area (Å²) in [6.45, 7) is 19.5. The van der Waals surface area contributed by atoms with Gasteiger partial charge < -0.3 is 0 Å². The first-order chi connectivity index (χ1) is 9.16. The van der Waals surface area contributed by atoms with Crippen molar-refractivity contribution < 1.29 is 9.13 Å². The maximum absolute atomic E-state index is 11.9. The average Bonchev–Trinajstić information content (AvgIpc) is 2.16. The van der Waals surface area contributed by atoms with E-state index in [1.165, 1.54) is 12.8 Å². The molecule has 0 aromatic heterocycles. The Balaban J connectivity index is 4.97. The first kappa shape index (κ1) is 20.9. The smallest absolute Gasteiger partial charge is 0.237 e. The summed E-state index contributed by atoms with van der Waals surface area (Å²) < 4.78 is 23.7. The molecule has 2 atom stereocenters. The van der Waals surface area contributed by atoms with Crippen LogP contribution in [0, 0.1) is 22.2 Å². The summed E-state index contributed by atoms with van der Waals surface area (Å²) in [6, 6.07) is 0. The zero-order valence-electron chi connectivity index (χ0n) is 15.7. The van der Waals surface area contributed by atoms with Crippen LogP contribution in [-0.2, 0) is 9.13 Å². The van der Waals surface area contributed by atoms with E-state index in [2.05, 4.69) is 62.3 Å². The van der Waals surface area contributed by atoms with Gasteiger partial charge in [-0.3, -0.25) is 0 Å². The molecule has 0 heterocycles. The predicted molar refractivity (Wildman–Crippen MR) is 92.4 cm³/mol. The Morgan fingerprint density at radius 1 is 0.762 bits per heavy atom. The molecule has 0 saturated carbocycles. The molecule has 3 heteroatoms. The summed E-state index contributed by atoms with van der Waals surface area (Å²) in [4.78, 5) is 0. The highest BCUT2D eigenvalue weighted by Crippen LogP contribution is 2.47. The highest BCUT2D eigenvalue weighted by atomic mass is 31.1. The molecule has 0 bridgehead atoms. The Bertz CT molecular complexity index is 367. The van der Waals surface area contributed by atoms with E-state index in [9.17, 15) is 9.13 Å². The summed E-state index contributed by atoms with van der Waals surface area (Å²) in [5, 5.41) is 0. The zero-order valence-corrected chi connectivity index (χ0v) is 16.6. The fraction of sp³-hybridized carbons (Fsp3) is 1.00. The van der Waals surface area contributed by atoms with Crippen LogP contribution in [0.25, 0.3) is 0 Å². The third-order valence-corrected chi connectivity index (χ3v) is 5.89. The van der Waals surface area contributed by atoms with Gasteiger partial charge in [-0.1, -0.05) is 75.2 Å². The van der Waals surface area contributed by atoms with Gasteiger partial charge in [0, 0.05) is 0 Å². The third-order valence-electron chi connectivity index (χ3n) is 4.30. The molecule has 0 aliphatic heterocycles. The second-order valence-corrected chi connectivity index (χ2v) is 11.0. The minimum Gasteiger partial charge on any atom is -0.237 e.